The molecule has 1 aliphatic carbocycles. The largest absolute Gasteiger partial charge is 0.382 e. The molecule has 0 spiro atoms. The number of hydrogen-bond donors (Lipinski definition) is 2. The van der Waals surface area contributed by atoms with Gasteiger partial charge in [0.15, 0.2) is 0 Å². The average Bonchev–Trinajstić information content (AvgIpc) is 3.30. The van der Waals surface area contributed by atoms with Gasteiger partial charge in [-0.2, -0.15) is 0 Å². The number of hydrogen-bond acceptors (Lipinski definition) is 8. The normalized spacial score (nSPS) is 37.2. The first-order chi connectivity index (χ1) is 13.8. The molecule has 28 heavy (non-hydrogen) atoms. The average molecular weight is 390 g/mol. The third-order valence-corrected chi connectivity index (χ3v) is 6.70. The standard InChI is InChI=1S/C20H31N5O3/c1-26-6-7-27-13-4-5-17-16(8-13)20(24-23-17)18-9-19(22-12-21-18)25-10-14-2-3-15(11-25)28-14/h9,12-17,20,23-24H,2-8,10-11H2,1H3. The van der Waals surface area contributed by atoms with E-state index < -0.39 is 0 Å². The van der Waals surface area contributed by atoms with Crippen LogP contribution in [-0.2, 0) is 14.2 Å². The third-order valence-electron chi connectivity index (χ3n) is 6.70. The van der Waals surface area contributed by atoms with Crippen LogP contribution in [0.5, 0.6) is 0 Å². The Hall–Kier alpha value is -1.32. The molecule has 2 N–H and O–H groups in total. The van der Waals surface area contributed by atoms with Crippen LogP contribution < -0.4 is 15.8 Å². The van der Waals surface area contributed by atoms with E-state index in [0.717, 1.165) is 43.9 Å². The minimum atomic E-state index is 0.193. The summed E-state index contributed by atoms with van der Waals surface area (Å²) in [4.78, 5) is 11.6. The molecular formula is C20H31N5O3. The number of ether oxygens (including phenoxy) is 3. The molecule has 1 aromatic heterocycles. The van der Waals surface area contributed by atoms with Gasteiger partial charge in [-0.05, 0) is 32.1 Å². The summed E-state index contributed by atoms with van der Waals surface area (Å²) >= 11 is 0. The van der Waals surface area contributed by atoms with Gasteiger partial charge in [0.2, 0.25) is 0 Å². The fraction of sp³-hybridized carbons (Fsp3) is 0.800. The Kier molecular flexibility index (Phi) is 5.47. The van der Waals surface area contributed by atoms with Crippen molar-refractivity contribution in [1.29, 1.82) is 0 Å². The molecule has 154 valence electrons. The molecule has 6 unspecified atom stereocenters. The van der Waals surface area contributed by atoms with Gasteiger partial charge in [-0.15, -0.1) is 0 Å². The van der Waals surface area contributed by atoms with E-state index in [-0.39, 0.29) is 6.04 Å². The molecule has 3 saturated heterocycles. The Bertz CT molecular complexity index is 665. The van der Waals surface area contributed by atoms with E-state index >= 15 is 0 Å². The summed E-state index contributed by atoms with van der Waals surface area (Å²) in [5, 5.41) is 0. The Balaban J connectivity index is 1.28. The predicted octanol–water partition coefficient (Wildman–Crippen LogP) is 1.19. The first-order valence-corrected chi connectivity index (χ1v) is 10.6. The van der Waals surface area contributed by atoms with Gasteiger partial charge >= 0.3 is 0 Å². The van der Waals surface area contributed by atoms with Crippen molar-refractivity contribution in [2.24, 2.45) is 5.92 Å². The maximum Gasteiger partial charge on any atom is 0.132 e. The molecule has 4 heterocycles. The van der Waals surface area contributed by atoms with Crippen LogP contribution in [0.3, 0.4) is 0 Å². The zero-order valence-electron chi connectivity index (χ0n) is 16.5. The fourth-order valence-electron chi connectivity index (χ4n) is 5.27. The Morgan fingerprint density at radius 1 is 1.11 bits per heavy atom. The second-order valence-electron chi connectivity index (χ2n) is 8.50. The maximum atomic E-state index is 6.03. The van der Waals surface area contributed by atoms with E-state index in [1.807, 2.05) is 0 Å². The molecule has 1 aromatic rings. The zero-order chi connectivity index (χ0) is 18.9. The number of nitrogens with one attached hydrogen (secondary N) is 2. The van der Waals surface area contributed by atoms with E-state index in [4.69, 9.17) is 14.2 Å². The number of anilines is 1. The lowest BCUT2D eigenvalue weighted by molar-refractivity contribution is -0.0151. The van der Waals surface area contributed by atoms with Crippen molar-refractivity contribution in [3.8, 4) is 0 Å². The number of fused-ring (bicyclic) bond motifs is 3. The SMILES string of the molecule is COCCOC1CCC2NNC(c3cc(N4CC5CCC(C4)O5)ncn3)C2C1. The molecule has 0 radical (unpaired) electrons. The van der Waals surface area contributed by atoms with Crippen LogP contribution in [0.25, 0.3) is 0 Å². The lowest BCUT2D eigenvalue weighted by atomic mass is 9.79. The number of morpholine rings is 1. The van der Waals surface area contributed by atoms with Gasteiger partial charge in [-0.3, -0.25) is 5.43 Å². The topological polar surface area (TPSA) is 80.8 Å². The molecular weight excluding hydrogens is 358 g/mol. The summed E-state index contributed by atoms with van der Waals surface area (Å²) in [6, 6.07) is 2.84. The molecule has 1 saturated carbocycles. The van der Waals surface area contributed by atoms with E-state index in [0.29, 0.717) is 43.5 Å². The number of aromatic nitrogens is 2. The van der Waals surface area contributed by atoms with Gasteiger partial charge in [-0.1, -0.05) is 0 Å². The molecule has 0 amide bonds. The van der Waals surface area contributed by atoms with Crippen LogP contribution in [0.15, 0.2) is 12.4 Å². The lowest BCUT2D eigenvalue weighted by Crippen LogP contribution is -2.43. The third kappa shape index (κ3) is 3.76. The molecule has 5 rings (SSSR count). The first-order valence-electron chi connectivity index (χ1n) is 10.6. The molecule has 2 bridgehead atoms. The Morgan fingerprint density at radius 2 is 1.96 bits per heavy atom. The van der Waals surface area contributed by atoms with Crippen LogP contribution in [-0.4, -0.2) is 67.7 Å². The molecule has 4 aliphatic rings. The van der Waals surface area contributed by atoms with Crippen molar-refractivity contribution in [3.63, 3.8) is 0 Å². The van der Waals surface area contributed by atoms with Crippen LogP contribution in [0.1, 0.15) is 43.8 Å². The van der Waals surface area contributed by atoms with Gasteiger partial charge in [0, 0.05) is 38.2 Å². The van der Waals surface area contributed by atoms with Crippen LogP contribution in [0.4, 0.5) is 5.82 Å². The van der Waals surface area contributed by atoms with Crippen LogP contribution >= 0.6 is 0 Å². The Labute approximate surface area is 166 Å². The summed E-state index contributed by atoms with van der Waals surface area (Å²) < 4.78 is 17.1. The van der Waals surface area contributed by atoms with Crippen molar-refractivity contribution >= 4 is 5.82 Å². The number of methoxy groups -OCH3 is 1. The van der Waals surface area contributed by atoms with Gasteiger partial charge in [0.1, 0.15) is 12.1 Å². The maximum absolute atomic E-state index is 6.03. The highest BCUT2D eigenvalue weighted by molar-refractivity contribution is 5.41. The van der Waals surface area contributed by atoms with Gasteiger partial charge in [-0.25, -0.2) is 15.4 Å². The van der Waals surface area contributed by atoms with E-state index in [1.165, 1.54) is 12.8 Å². The minimum absolute atomic E-state index is 0.193. The second-order valence-corrected chi connectivity index (χ2v) is 8.50. The molecule has 6 atom stereocenters. The quantitative estimate of drug-likeness (QED) is 0.703. The molecule has 4 fully saturated rings. The first kappa shape index (κ1) is 18.7. The van der Waals surface area contributed by atoms with Crippen molar-refractivity contribution < 1.29 is 14.2 Å². The predicted molar refractivity (Wildman–Crippen MR) is 104 cm³/mol. The second kappa shape index (κ2) is 8.20. The number of nitrogens with zero attached hydrogens (tertiary/aromatic N) is 3. The highest BCUT2D eigenvalue weighted by Crippen LogP contribution is 2.39. The van der Waals surface area contributed by atoms with Crippen molar-refractivity contribution in [2.75, 3.05) is 38.3 Å². The smallest absolute Gasteiger partial charge is 0.132 e. The van der Waals surface area contributed by atoms with E-state index in [1.54, 1.807) is 13.4 Å². The van der Waals surface area contributed by atoms with Crippen molar-refractivity contribution in [1.82, 2.24) is 20.8 Å². The van der Waals surface area contributed by atoms with Crippen LogP contribution in [0, 0.1) is 5.92 Å². The van der Waals surface area contributed by atoms with Crippen molar-refractivity contribution in [3.05, 3.63) is 18.1 Å². The van der Waals surface area contributed by atoms with E-state index in [9.17, 15) is 0 Å². The molecule has 8 heteroatoms. The zero-order valence-corrected chi connectivity index (χ0v) is 16.5. The van der Waals surface area contributed by atoms with Crippen molar-refractivity contribution in [2.45, 2.75) is 62.5 Å². The summed E-state index contributed by atoms with van der Waals surface area (Å²) in [7, 11) is 1.72. The summed E-state index contributed by atoms with van der Waals surface area (Å²) in [5.74, 6) is 1.50. The Morgan fingerprint density at radius 3 is 2.79 bits per heavy atom. The monoisotopic (exact) mass is 389 g/mol. The summed E-state index contributed by atoms with van der Waals surface area (Å²) in [6.07, 6.45) is 8.33. The summed E-state index contributed by atoms with van der Waals surface area (Å²) in [5.41, 5.74) is 8.06. The molecule has 8 nitrogen and oxygen atoms in total. The fourth-order valence-corrected chi connectivity index (χ4v) is 5.27. The number of rotatable bonds is 6. The van der Waals surface area contributed by atoms with Gasteiger partial charge < -0.3 is 19.1 Å². The van der Waals surface area contributed by atoms with Gasteiger partial charge in [0.25, 0.3) is 0 Å². The minimum Gasteiger partial charge on any atom is -0.382 e. The lowest BCUT2D eigenvalue weighted by Gasteiger charge is -2.34. The van der Waals surface area contributed by atoms with Crippen LogP contribution in [0.2, 0.25) is 0 Å². The molecule has 0 aromatic carbocycles. The highest BCUT2D eigenvalue weighted by Gasteiger charge is 2.42. The van der Waals surface area contributed by atoms with Gasteiger partial charge in [0.05, 0.1) is 43.3 Å². The van der Waals surface area contributed by atoms with E-state index in [2.05, 4.69) is 31.8 Å². The molecule has 3 aliphatic heterocycles. The number of hydrazine groups is 1. The highest BCUT2D eigenvalue weighted by atomic mass is 16.5. The summed E-state index contributed by atoms with van der Waals surface area (Å²) in [6.45, 7) is 3.19.